The lowest BCUT2D eigenvalue weighted by molar-refractivity contribution is 0.0341. The molecule has 0 N–H and O–H groups in total. The first-order valence-corrected chi connectivity index (χ1v) is 9.26. The predicted molar refractivity (Wildman–Crippen MR) is 96.6 cm³/mol. The largest absolute Gasteiger partial charge is 0.379 e. The van der Waals surface area contributed by atoms with Crippen LogP contribution in [0.4, 0.5) is 0 Å². The molecule has 2 aliphatic rings. The Morgan fingerprint density at radius 3 is 2.77 bits per heavy atom. The van der Waals surface area contributed by atoms with Crippen molar-refractivity contribution in [1.29, 1.82) is 0 Å². The molecule has 0 saturated carbocycles. The monoisotopic (exact) mass is 355 g/mol. The second kappa shape index (κ2) is 7.55. The first-order chi connectivity index (χ1) is 12.7. The van der Waals surface area contributed by atoms with Gasteiger partial charge in [-0.15, -0.1) is 0 Å². The van der Waals surface area contributed by atoms with Gasteiger partial charge in [0.05, 0.1) is 24.9 Å². The Labute approximate surface area is 153 Å². The van der Waals surface area contributed by atoms with Crippen LogP contribution in [0.25, 0.3) is 0 Å². The number of rotatable bonds is 4. The van der Waals surface area contributed by atoms with E-state index in [1.165, 1.54) is 5.56 Å². The van der Waals surface area contributed by atoms with Crippen LogP contribution in [0.3, 0.4) is 0 Å². The van der Waals surface area contributed by atoms with Gasteiger partial charge < -0.3 is 9.64 Å². The molecule has 7 nitrogen and oxygen atoms in total. The van der Waals surface area contributed by atoms with E-state index in [9.17, 15) is 4.79 Å². The van der Waals surface area contributed by atoms with Gasteiger partial charge in [-0.1, -0.05) is 6.07 Å². The highest BCUT2D eigenvalue weighted by atomic mass is 16.5. The van der Waals surface area contributed by atoms with E-state index in [-0.39, 0.29) is 11.9 Å². The number of aryl methyl sites for hydroxylation is 1. The maximum atomic E-state index is 12.9. The second-order valence-electron chi connectivity index (χ2n) is 6.98. The summed E-state index contributed by atoms with van der Waals surface area (Å²) in [6.45, 7) is 5.22. The van der Waals surface area contributed by atoms with Crippen LogP contribution in [0.15, 0.2) is 30.6 Å². The minimum absolute atomic E-state index is 0.0340. The predicted octanol–water partition coefficient (Wildman–Crippen LogP) is 1.62. The van der Waals surface area contributed by atoms with Crippen LogP contribution in [-0.4, -0.2) is 63.3 Å². The minimum atomic E-state index is 0.0340. The third-order valence-corrected chi connectivity index (χ3v) is 5.25. The molecule has 2 aromatic rings. The van der Waals surface area contributed by atoms with Gasteiger partial charge in [0.15, 0.2) is 0 Å². The number of carbonyl (C=O) groups is 1. The van der Waals surface area contributed by atoms with Gasteiger partial charge in [-0.2, -0.15) is 5.10 Å². The Balaban J connectivity index is 1.46. The average Bonchev–Trinajstić information content (AvgIpc) is 3.32. The van der Waals surface area contributed by atoms with E-state index in [0.717, 1.165) is 57.9 Å². The molecule has 0 aromatic carbocycles. The molecule has 0 unspecified atom stereocenters. The van der Waals surface area contributed by atoms with Crippen molar-refractivity contribution in [3.8, 4) is 0 Å². The van der Waals surface area contributed by atoms with E-state index >= 15 is 0 Å². The average molecular weight is 355 g/mol. The van der Waals surface area contributed by atoms with Gasteiger partial charge >= 0.3 is 0 Å². The SMILES string of the molecule is Cn1nccc1C(=O)N1CCC[C@@H]1c1ccc(CN2CCOCC2)cn1. The lowest BCUT2D eigenvalue weighted by atomic mass is 10.1. The zero-order chi connectivity index (χ0) is 17.9. The molecule has 4 heterocycles. The van der Waals surface area contributed by atoms with E-state index in [2.05, 4.69) is 27.1 Å². The van der Waals surface area contributed by atoms with Crippen molar-refractivity contribution in [2.45, 2.75) is 25.4 Å². The van der Waals surface area contributed by atoms with Crippen molar-refractivity contribution in [1.82, 2.24) is 24.6 Å². The maximum Gasteiger partial charge on any atom is 0.272 e. The molecule has 2 aromatic heterocycles. The fraction of sp³-hybridized carbons (Fsp3) is 0.526. The van der Waals surface area contributed by atoms with Crippen molar-refractivity contribution in [3.05, 3.63) is 47.5 Å². The van der Waals surface area contributed by atoms with Crippen molar-refractivity contribution < 1.29 is 9.53 Å². The molecule has 1 amide bonds. The molecule has 26 heavy (non-hydrogen) atoms. The summed E-state index contributed by atoms with van der Waals surface area (Å²) in [5, 5.41) is 4.11. The van der Waals surface area contributed by atoms with Crippen molar-refractivity contribution in [3.63, 3.8) is 0 Å². The standard InChI is InChI=1S/C19H25N5O2/c1-22-18(6-7-21-22)19(25)24-8-2-3-17(24)16-5-4-15(13-20-16)14-23-9-11-26-12-10-23/h4-7,13,17H,2-3,8-12,14H2,1H3/t17-/m1/s1. The topological polar surface area (TPSA) is 63.5 Å². The first kappa shape index (κ1) is 17.2. The number of carbonyl (C=O) groups excluding carboxylic acids is 1. The summed E-state index contributed by atoms with van der Waals surface area (Å²) >= 11 is 0. The fourth-order valence-electron chi connectivity index (χ4n) is 3.79. The van der Waals surface area contributed by atoms with Crippen molar-refractivity contribution >= 4 is 5.91 Å². The van der Waals surface area contributed by atoms with Gasteiger partial charge in [0.25, 0.3) is 5.91 Å². The molecule has 2 fully saturated rings. The quantitative estimate of drug-likeness (QED) is 0.834. The van der Waals surface area contributed by atoms with Gasteiger partial charge in [-0.05, 0) is 30.5 Å². The molecule has 138 valence electrons. The zero-order valence-corrected chi connectivity index (χ0v) is 15.2. The number of pyridine rings is 1. The summed E-state index contributed by atoms with van der Waals surface area (Å²) in [6, 6.07) is 6.05. The molecular weight excluding hydrogens is 330 g/mol. The molecule has 2 aliphatic heterocycles. The van der Waals surface area contributed by atoms with Crippen LogP contribution in [-0.2, 0) is 18.3 Å². The molecule has 2 saturated heterocycles. The highest BCUT2D eigenvalue weighted by Crippen LogP contribution is 2.32. The third-order valence-electron chi connectivity index (χ3n) is 5.25. The Bertz CT molecular complexity index is 752. The van der Waals surface area contributed by atoms with E-state index in [1.54, 1.807) is 24.0 Å². The van der Waals surface area contributed by atoms with Crippen LogP contribution in [0.2, 0.25) is 0 Å². The number of likely N-dealkylation sites (tertiary alicyclic amines) is 1. The number of hydrogen-bond acceptors (Lipinski definition) is 5. The second-order valence-corrected chi connectivity index (χ2v) is 6.98. The number of nitrogens with zero attached hydrogens (tertiary/aromatic N) is 5. The first-order valence-electron chi connectivity index (χ1n) is 9.26. The normalized spacial score (nSPS) is 21.3. The van der Waals surface area contributed by atoms with Gasteiger partial charge in [-0.25, -0.2) is 0 Å². The Morgan fingerprint density at radius 1 is 1.23 bits per heavy atom. The molecule has 0 radical (unpaired) electrons. The van der Waals surface area contributed by atoms with Gasteiger partial charge in [0, 0.05) is 45.6 Å². The number of amides is 1. The molecule has 0 bridgehead atoms. The summed E-state index contributed by atoms with van der Waals surface area (Å²) < 4.78 is 7.03. The smallest absolute Gasteiger partial charge is 0.272 e. The maximum absolute atomic E-state index is 12.9. The highest BCUT2D eigenvalue weighted by molar-refractivity contribution is 5.93. The van der Waals surface area contributed by atoms with Crippen LogP contribution >= 0.6 is 0 Å². The van der Waals surface area contributed by atoms with Crippen molar-refractivity contribution in [2.24, 2.45) is 7.05 Å². The molecule has 0 spiro atoms. The molecule has 4 rings (SSSR count). The lowest BCUT2D eigenvalue weighted by Crippen LogP contribution is -2.35. The van der Waals surface area contributed by atoms with Gasteiger partial charge in [-0.3, -0.25) is 19.4 Å². The fourth-order valence-corrected chi connectivity index (χ4v) is 3.79. The lowest BCUT2D eigenvalue weighted by Gasteiger charge is -2.27. The zero-order valence-electron chi connectivity index (χ0n) is 15.2. The summed E-state index contributed by atoms with van der Waals surface area (Å²) in [5.74, 6) is 0.0340. The summed E-state index contributed by atoms with van der Waals surface area (Å²) in [4.78, 5) is 21.9. The van der Waals surface area contributed by atoms with Gasteiger partial charge in [0.1, 0.15) is 5.69 Å². The molecular formula is C19H25N5O2. The third kappa shape index (κ3) is 3.50. The van der Waals surface area contributed by atoms with E-state index < -0.39 is 0 Å². The van der Waals surface area contributed by atoms with E-state index in [4.69, 9.17) is 4.74 Å². The van der Waals surface area contributed by atoms with E-state index in [0.29, 0.717) is 5.69 Å². The van der Waals surface area contributed by atoms with Crippen LogP contribution in [0.1, 0.15) is 40.6 Å². The highest BCUT2D eigenvalue weighted by Gasteiger charge is 2.32. The number of aromatic nitrogens is 3. The molecule has 7 heteroatoms. The van der Waals surface area contributed by atoms with E-state index in [1.807, 2.05) is 11.1 Å². The Kier molecular flexibility index (Phi) is 4.99. The van der Waals surface area contributed by atoms with Gasteiger partial charge in [0.2, 0.25) is 0 Å². The molecule has 1 atom stereocenters. The van der Waals surface area contributed by atoms with Crippen LogP contribution in [0, 0.1) is 0 Å². The summed E-state index contributed by atoms with van der Waals surface area (Å²) in [7, 11) is 1.80. The summed E-state index contributed by atoms with van der Waals surface area (Å²) in [5.41, 5.74) is 2.81. The van der Waals surface area contributed by atoms with Crippen molar-refractivity contribution in [2.75, 3.05) is 32.8 Å². The van der Waals surface area contributed by atoms with Crippen LogP contribution in [0.5, 0.6) is 0 Å². The Morgan fingerprint density at radius 2 is 2.08 bits per heavy atom. The minimum Gasteiger partial charge on any atom is -0.379 e. The number of hydrogen-bond donors (Lipinski definition) is 0. The molecule has 0 aliphatic carbocycles. The summed E-state index contributed by atoms with van der Waals surface area (Å²) in [6.07, 6.45) is 5.58. The Hall–Kier alpha value is -2.25. The number of ether oxygens (including phenoxy) is 1. The number of morpholine rings is 1. The van der Waals surface area contributed by atoms with Crippen LogP contribution < -0.4 is 0 Å².